The van der Waals surface area contributed by atoms with E-state index in [2.05, 4.69) is 75.8 Å². The molecule has 0 aromatic heterocycles. The average Bonchev–Trinajstić information content (AvgIpc) is 3.21. The molecule has 1 amide bonds. The monoisotopic (exact) mass is 519 g/mol. The molecule has 7 nitrogen and oxygen atoms in total. The van der Waals surface area contributed by atoms with E-state index in [1.54, 1.807) is 0 Å². The van der Waals surface area contributed by atoms with Crippen LogP contribution < -0.4 is 5.32 Å². The molecular weight excluding hydrogens is 474 g/mol. The molecule has 4 aliphatic heterocycles. The summed E-state index contributed by atoms with van der Waals surface area (Å²) >= 11 is 0. The highest BCUT2D eigenvalue weighted by Crippen LogP contribution is 2.46. The Morgan fingerprint density at radius 1 is 0.868 bits per heavy atom. The van der Waals surface area contributed by atoms with E-state index >= 15 is 0 Å². The third kappa shape index (κ3) is 4.86. The molecule has 2 aromatic carbocycles. The predicted molar refractivity (Wildman–Crippen MR) is 149 cm³/mol. The van der Waals surface area contributed by atoms with Crippen molar-refractivity contribution in [3.63, 3.8) is 0 Å². The first-order valence-corrected chi connectivity index (χ1v) is 14.5. The van der Waals surface area contributed by atoms with Crippen LogP contribution in [0.15, 0.2) is 60.7 Å². The van der Waals surface area contributed by atoms with Crippen LogP contribution in [-0.4, -0.2) is 101 Å². The SMILES string of the molecule is CC(C)(C)OC(=O)NC[C@H]1C[N+]2(Cc3ccccc3)CCN3CCC[N+]4(Cc5ccccc5)CCN1[C@H]2[C@H]34. The van der Waals surface area contributed by atoms with E-state index in [1.807, 2.05) is 20.8 Å². The number of hydrogen-bond donors (Lipinski definition) is 1. The van der Waals surface area contributed by atoms with Crippen molar-refractivity contribution >= 4 is 6.09 Å². The summed E-state index contributed by atoms with van der Waals surface area (Å²) in [7, 11) is 0. The number of nitrogens with zero attached hydrogens (tertiary/aromatic N) is 4. The van der Waals surface area contributed by atoms with Crippen molar-refractivity contribution in [1.29, 1.82) is 0 Å². The minimum Gasteiger partial charge on any atom is -0.444 e. The van der Waals surface area contributed by atoms with E-state index in [0.717, 1.165) is 37.2 Å². The second-order valence-corrected chi connectivity index (χ2v) is 13.1. The Kier molecular flexibility index (Phi) is 6.75. The van der Waals surface area contributed by atoms with Gasteiger partial charge in [0.15, 0.2) is 0 Å². The standard InChI is InChI=1S/C31H44N5O2/c1-31(2,3)38-30(37)32-21-27-24-36(23-26-13-8-5-9-14-26)19-16-33-15-10-18-35(22-25-11-6-4-7-12-25)20-17-34(27)29(36)28(33)35/h4-9,11-14,27-29H,10,15-24H2,1-3H3/q+1/p+1/t27-,28+,29+,35?,36?/m0/s1. The zero-order valence-corrected chi connectivity index (χ0v) is 23.4. The normalized spacial score (nSPS) is 33.0. The van der Waals surface area contributed by atoms with Gasteiger partial charge in [-0.1, -0.05) is 60.7 Å². The molecule has 7 heteroatoms. The molecule has 1 N–H and O–H groups in total. The molecule has 4 heterocycles. The summed E-state index contributed by atoms with van der Waals surface area (Å²) in [5.74, 6) is 0. The first-order chi connectivity index (χ1) is 18.3. The number of carbonyl (C=O) groups excluding carboxylic acids is 1. The van der Waals surface area contributed by atoms with Crippen molar-refractivity contribution < 1.29 is 18.5 Å². The number of hydrogen-bond acceptors (Lipinski definition) is 4. The average molecular weight is 520 g/mol. The van der Waals surface area contributed by atoms with Crippen molar-refractivity contribution in [3.05, 3.63) is 71.8 Å². The summed E-state index contributed by atoms with van der Waals surface area (Å²) in [6.07, 6.45) is 1.90. The molecule has 0 bridgehead atoms. The largest absolute Gasteiger partial charge is 0.444 e. The highest BCUT2D eigenvalue weighted by atomic mass is 16.6. The first kappa shape index (κ1) is 25.8. The maximum absolute atomic E-state index is 12.6. The van der Waals surface area contributed by atoms with E-state index in [0.29, 0.717) is 24.9 Å². The topological polar surface area (TPSA) is 44.8 Å². The summed E-state index contributed by atoms with van der Waals surface area (Å²) in [4.78, 5) is 18.2. The first-order valence-electron chi connectivity index (χ1n) is 14.5. The third-order valence-electron chi connectivity index (χ3n) is 9.39. The van der Waals surface area contributed by atoms with Crippen molar-refractivity contribution in [2.24, 2.45) is 0 Å². The summed E-state index contributed by atoms with van der Waals surface area (Å²) in [6.45, 7) is 16.7. The van der Waals surface area contributed by atoms with Gasteiger partial charge >= 0.3 is 6.09 Å². The van der Waals surface area contributed by atoms with Gasteiger partial charge in [0.25, 0.3) is 0 Å². The Hall–Kier alpha value is -2.45. The van der Waals surface area contributed by atoms with Gasteiger partial charge in [-0.15, -0.1) is 0 Å². The number of alkyl carbamates (subject to hydrolysis) is 1. The zero-order valence-electron chi connectivity index (χ0n) is 23.4. The van der Waals surface area contributed by atoms with Crippen LogP contribution in [0.5, 0.6) is 0 Å². The Bertz CT molecular complexity index is 1120. The number of benzene rings is 2. The second-order valence-electron chi connectivity index (χ2n) is 13.1. The fourth-order valence-corrected chi connectivity index (χ4v) is 8.04. The van der Waals surface area contributed by atoms with Crippen molar-refractivity contribution in [2.75, 3.05) is 52.4 Å². The number of quaternary nitrogens is 2. The lowest BCUT2D eigenvalue weighted by Gasteiger charge is -2.62. The summed E-state index contributed by atoms with van der Waals surface area (Å²) in [5.41, 5.74) is 2.39. The van der Waals surface area contributed by atoms with Gasteiger partial charge in [-0.2, -0.15) is 0 Å². The minimum absolute atomic E-state index is 0.303. The van der Waals surface area contributed by atoms with Crippen LogP contribution in [0.25, 0.3) is 0 Å². The van der Waals surface area contributed by atoms with E-state index in [4.69, 9.17) is 4.74 Å². The number of nitrogens with one attached hydrogen (secondary N) is 1. The fraction of sp³-hybridized carbons (Fsp3) is 0.581. The van der Waals surface area contributed by atoms with Crippen LogP contribution in [0.2, 0.25) is 0 Å². The fourth-order valence-electron chi connectivity index (χ4n) is 8.04. The van der Waals surface area contributed by atoms with Gasteiger partial charge in [-0.3, -0.25) is 8.97 Å². The van der Waals surface area contributed by atoms with Gasteiger partial charge in [-0.05, 0) is 20.8 Å². The highest BCUT2D eigenvalue weighted by molar-refractivity contribution is 5.67. The molecular formula is C31H45N5O2+2. The van der Waals surface area contributed by atoms with Crippen molar-refractivity contribution in [1.82, 2.24) is 15.1 Å². The van der Waals surface area contributed by atoms with Crippen LogP contribution in [0, 0.1) is 0 Å². The molecule has 2 unspecified atom stereocenters. The van der Waals surface area contributed by atoms with Crippen LogP contribution in [-0.2, 0) is 17.8 Å². The van der Waals surface area contributed by atoms with Gasteiger partial charge in [0.2, 0.25) is 12.3 Å². The van der Waals surface area contributed by atoms with E-state index < -0.39 is 5.60 Å². The molecule has 6 rings (SSSR count). The lowest BCUT2D eigenvalue weighted by Crippen LogP contribution is -2.83. The molecule has 38 heavy (non-hydrogen) atoms. The van der Waals surface area contributed by atoms with Crippen LogP contribution >= 0.6 is 0 Å². The smallest absolute Gasteiger partial charge is 0.407 e. The molecule has 204 valence electrons. The minimum atomic E-state index is -0.486. The van der Waals surface area contributed by atoms with Crippen LogP contribution in [0.1, 0.15) is 38.3 Å². The van der Waals surface area contributed by atoms with Crippen molar-refractivity contribution in [3.8, 4) is 0 Å². The number of amides is 1. The highest BCUT2D eigenvalue weighted by Gasteiger charge is 2.68. The van der Waals surface area contributed by atoms with Gasteiger partial charge in [-0.25, -0.2) is 14.6 Å². The maximum atomic E-state index is 12.6. The molecule has 4 saturated heterocycles. The molecule has 0 radical (unpaired) electrons. The molecule has 4 aliphatic rings. The van der Waals surface area contributed by atoms with E-state index in [-0.39, 0.29) is 6.09 Å². The number of carbonyl (C=O) groups is 1. The summed E-state index contributed by atoms with van der Waals surface area (Å²) in [6, 6.07) is 22.5. The molecule has 2 aromatic rings. The van der Waals surface area contributed by atoms with Crippen LogP contribution in [0.4, 0.5) is 4.79 Å². The lowest BCUT2D eigenvalue weighted by atomic mass is 9.97. The number of ether oxygens (including phenoxy) is 1. The Morgan fingerprint density at radius 2 is 1.50 bits per heavy atom. The lowest BCUT2D eigenvalue weighted by molar-refractivity contribution is -1.05. The van der Waals surface area contributed by atoms with Crippen molar-refractivity contribution in [2.45, 2.75) is 64.3 Å². The third-order valence-corrected chi connectivity index (χ3v) is 9.39. The molecule has 0 spiro atoms. The summed E-state index contributed by atoms with van der Waals surface area (Å²) in [5, 5.41) is 3.14. The number of rotatable bonds is 6. The summed E-state index contributed by atoms with van der Waals surface area (Å²) < 4.78 is 7.87. The van der Waals surface area contributed by atoms with E-state index in [9.17, 15) is 4.79 Å². The van der Waals surface area contributed by atoms with Crippen LogP contribution in [0.3, 0.4) is 0 Å². The molecule has 0 aliphatic carbocycles. The molecule has 0 saturated carbocycles. The Morgan fingerprint density at radius 3 is 2.16 bits per heavy atom. The van der Waals surface area contributed by atoms with Gasteiger partial charge in [0.05, 0.1) is 45.3 Å². The molecule has 4 fully saturated rings. The Balaban J connectivity index is 1.33. The van der Waals surface area contributed by atoms with E-state index in [1.165, 1.54) is 48.2 Å². The Labute approximate surface area is 228 Å². The number of piperazine rings is 2. The van der Waals surface area contributed by atoms with Gasteiger partial charge in [0.1, 0.15) is 18.7 Å². The second kappa shape index (κ2) is 9.94. The quantitative estimate of drug-likeness (QED) is 0.593. The van der Waals surface area contributed by atoms with Gasteiger partial charge < -0.3 is 10.1 Å². The maximum Gasteiger partial charge on any atom is 0.407 e. The predicted octanol–water partition coefficient (Wildman–Crippen LogP) is 3.61. The molecule has 5 atom stereocenters. The van der Waals surface area contributed by atoms with Gasteiger partial charge in [0, 0.05) is 30.6 Å². The zero-order chi connectivity index (χ0) is 26.4.